The smallest absolute Gasteiger partial charge is 0.306 e. The van der Waals surface area contributed by atoms with Crippen molar-refractivity contribution >= 4 is 5.97 Å². The number of hydrogen-bond donors (Lipinski definition) is 1. The van der Waals surface area contributed by atoms with Crippen molar-refractivity contribution in [3.63, 3.8) is 0 Å². The van der Waals surface area contributed by atoms with E-state index in [-0.39, 0.29) is 5.92 Å². The molecule has 1 rings (SSSR count). The second kappa shape index (κ2) is 4.81. The lowest BCUT2D eigenvalue weighted by molar-refractivity contribution is -0.144. The van der Waals surface area contributed by atoms with Crippen molar-refractivity contribution < 1.29 is 9.90 Å². The summed E-state index contributed by atoms with van der Waals surface area (Å²) in [5.74, 6) is 1.19. The maximum Gasteiger partial charge on any atom is 0.306 e. The molecular weight excluding hydrogens is 176 g/mol. The van der Waals surface area contributed by atoms with Crippen LogP contribution in [0.4, 0.5) is 0 Å². The lowest BCUT2D eigenvalue weighted by Gasteiger charge is -2.34. The maximum absolute atomic E-state index is 11.0. The molecule has 0 aromatic heterocycles. The van der Waals surface area contributed by atoms with Crippen LogP contribution >= 0.6 is 0 Å². The van der Waals surface area contributed by atoms with Gasteiger partial charge in [0.2, 0.25) is 0 Å². The molecule has 0 heterocycles. The fraction of sp³-hybridized carbons (Fsp3) is 0.917. The lowest BCUT2D eigenvalue weighted by atomic mass is 9.70. The summed E-state index contributed by atoms with van der Waals surface area (Å²) in [6.45, 7) is 6.52. The molecule has 82 valence electrons. The Bertz CT molecular complexity index is 200. The van der Waals surface area contributed by atoms with Crippen molar-refractivity contribution in [1.82, 2.24) is 0 Å². The van der Waals surface area contributed by atoms with E-state index >= 15 is 0 Å². The molecule has 0 spiro atoms. The van der Waals surface area contributed by atoms with E-state index in [4.69, 9.17) is 5.11 Å². The molecule has 0 saturated heterocycles. The molecule has 0 aromatic rings. The average Bonchev–Trinajstić information content (AvgIpc) is 2.11. The number of carbonyl (C=O) groups is 1. The highest BCUT2D eigenvalue weighted by molar-refractivity contribution is 5.70. The van der Waals surface area contributed by atoms with Crippen molar-refractivity contribution in [1.29, 1.82) is 0 Å². The molecule has 0 amide bonds. The summed E-state index contributed by atoms with van der Waals surface area (Å²) in [5.41, 5.74) is 0. The normalized spacial score (nSPS) is 35.2. The summed E-state index contributed by atoms with van der Waals surface area (Å²) < 4.78 is 0. The van der Waals surface area contributed by atoms with Gasteiger partial charge in [0.25, 0.3) is 0 Å². The Hall–Kier alpha value is -0.530. The van der Waals surface area contributed by atoms with E-state index in [1.165, 1.54) is 6.42 Å². The lowest BCUT2D eigenvalue weighted by Crippen LogP contribution is -2.30. The highest BCUT2D eigenvalue weighted by Gasteiger charge is 2.32. The number of rotatable bonds is 3. The summed E-state index contributed by atoms with van der Waals surface area (Å²) in [6, 6.07) is 0. The van der Waals surface area contributed by atoms with Crippen LogP contribution in [0, 0.1) is 23.7 Å². The third kappa shape index (κ3) is 2.49. The molecule has 0 aromatic carbocycles. The first kappa shape index (κ1) is 11.5. The fourth-order valence-electron chi connectivity index (χ4n) is 2.66. The van der Waals surface area contributed by atoms with Gasteiger partial charge >= 0.3 is 5.97 Å². The number of carboxylic acids is 1. The summed E-state index contributed by atoms with van der Waals surface area (Å²) in [4.78, 5) is 11.0. The minimum absolute atomic E-state index is 0.107. The molecule has 1 aliphatic rings. The van der Waals surface area contributed by atoms with Gasteiger partial charge in [0.05, 0.1) is 5.92 Å². The summed E-state index contributed by atoms with van der Waals surface area (Å²) >= 11 is 0. The SMILES string of the molecule is CCC(C(=O)O)C1CCC(C)C(C)C1. The minimum Gasteiger partial charge on any atom is -0.481 e. The molecule has 4 atom stereocenters. The molecule has 2 nitrogen and oxygen atoms in total. The van der Waals surface area contributed by atoms with Gasteiger partial charge in [0.15, 0.2) is 0 Å². The predicted molar refractivity (Wildman–Crippen MR) is 57.1 cm³/mol. The van der Waals surface area contributed by atoms with Gasteiger partial charge in [-0.25, -0.2) is 0 Å². The van der Waals surface area contributed by atoms with Crippen LogP contribution in [0.2, 0.25) is 0 Å². The fourth-order valence-corrected chi connectivity index (χ4v) is 2.66. The summed E-state index contributed by atoms with van der Waals surface area (Å²) in [5, 5.41) is 9.08. The van der Waals surface area contributed by atoms with Crippen molar-refractivity contribution in [3.8, 4) is 0 Å². The van der Waals surface area contributed by atoms with Crippen LogP contribution < -0.4 is 0 Å². The van der Waals surface area contributed by atoms with E-state index in [0.29, 0.717) is 11.8 Å². The standard InChI is InChI=1S/C12H22O2/c1-4-11(12(13)14)10-6-5-8(2)9(3)7-10/h8-11H,4-7H2,1-3H3,(H,13,14). The Morgan fingerprint density at radius 2 is 2.00 bits per heavy atom. The van der Waals surface area contributed by atoms with Gasteiger partial charge in [-0.05, 0) is 37.0 Å². The minimum atomic E-state index is -0.598. The zero-order valence-corrected chi connectivity index (χ0v) is 9.49. The van der Waals surface area contributed by atoms with Crippen LogP contribution in [0.15, 0.2) is 0 Å². The number of carboxylic acid groups (broad SMARTS) is 1. The summed E-state index contributed by atoms with van der Waals surface area (Å²) in [6.07, 6.45) is 4.19. The molecule has 4 unspecified atom stereocenters. The van der Waals surface area contributed by atoms with E-state index in [2.05, 4.69) is 13.8 Å². The Labute approximate surface area is 86.7 Å². The molecule has 1 fully saturated rings. The number of hydrogen-bond acceptors (Lipinski definition) is 1. The van der Waals surface area contributed by atoms with E-state index in [1.807, 2.05) is 6.92 Å². The second-order valence-electron chi connectivity index (χ2n) is 4.88. The third-order valence-corrected chi connectivity index (χ3v) is 3.96. The monoisotopic (exact) mass is 198 g/mol. The maximum atomic E-state index is 11.0. The molecule has 0 aliphatic heterocycles. The summed E-state index contributed by atoms with van der Waals surface area (Å²) in [7, 11) is 0. The predicted octanol–water partition coefficient (Wildman–Crippen LogP) is 3.17. The first-order valence-corrected chi connectivity index (χ1v) is 5.79. The quantitative estimate of drug-likeness (QED) is 0.756. The molecule has 1 saturated carbocycles. The first-order valence-electron chi connectivity index (χ1n) is 5.79. The van der Waals surface area contributed by atoms with E-state index in [9.17, 15) is 4.79 Å². The van der Waals surface area contributed by atoms with Crippen LogP contribution in [-0.4, -0.2) is 11.1 Å². The van der Waals surface area contributed by atoms with Crippen molar-refractivity contribution in [2.24, 2.45) is 23.7 Å². The molecule has 0 bridgehead atoms. The van der Waals surface area contributed by atoms with Gasteiger partial charge in [-0.3, -0.25) is 4.79 Å². The van der Waals surface area contributed by atoms with Crippen LogP contribution in [0.25, 0.3) is 0 Å². The van der Waals surface area contributed by atoms with Gasteiger partial charge < -0.3 is 5.11 Å². The highest BCUT2D eigenvalue weighted by atomic mass is 16.4. The Morgan fingerprint density at radius 3 is 2.43 bits per heavy atom. The molecule has 1 N–H and O–H groups in total. The number of aliphatic carboxylic acids is 1. The van der Waals surface area contributed by atoms with Gasteiger partial charge in [-0.2, -0.15) is 0 Å². The van der Waals surface area contributed by atoms with E-state index in [0.717, 1.165) is 25.2 Å². The van der Waals surface area contributed by atoms with Crippen LogP contribution in [0.5, 0.6) is 0 Å². The molecule has 1 aliphatic carbocycles. The zero-order chi connectivity index (χ0) is 10.7. The molecule has 0 radical (unpaired) electrons. The first-order chi connectivity index (χ1) is 6.56. The van der Waals surface area contributed by atoms with Crippen LogP contribution in [-0.2, 0) is 4.79 Å². The van der Waals surface area contributed by atoms with Gasteiger partial charge in [0.1, 0.15) is 0 Å². The Morgan fingerprint density at radius 1 is 1.36 bits per heavy atom. The van der Waals surface area contributed by atoms with E-state index in [1.54, 1.807) is 0 Å². The van der Waals surface area contributed by atoms with Gasteiger partial charge in [0, 0.05) is 0 Å². The zero-order valence-electron chi connectivity index (χ0n) is 9.49. The van der Waals surface area contributed by atoms with E-state index < -0.39 is 5.97 Å². The topological polar surface area (TPSA) is 37.3 Å². The third-order valence-electron chi connectivity index (χ3n) is 3.96. The highest BCUT2D eigenvalue weighted by Crippen LogP contribution is 2.38. The van der Waals surface area contributed by atoms with Gasteiger partial charge in [-0.1, -0.05) is 27.2 Å². The largest absolute Gasteiger partial charge is 0.481 e. The average molecular weight is 198 g/mol. The molecule has 14 heavy (non-hydrogen) atoms. The Kier molecular flexibility index (Phi) is 3.97. The van der Waals surface area contributed by atoms with Crippen molar-refractivity contribution in [2.45, 2.75) is 46.5 Å². The molecule has 2 heteroatoms. The van der Waals surface area contributed by atoms with Crippen molar-refractivity contribution in [3.05, 3.63) is 0 Å². The van der Waals surface area contributed by atoms with Crippen LogP contribution in [0.3, 0.4) is 0 Å². The van der Waals surface area contributed by atoms with Crippen molar-refractivity contribution in [2.75, 3.05) is 0 Å². The second-order valence-corrected chi connectivity index (χ2v) is 4.88. The molecular formula is C12H22O2. The van der Waals surface area contributed by atoms with Gasteiger partial charge in [-0.15, -0.1) is 0 Å². The van der Waals surface area contributed by atoms with Crippen LogP contribution in [0.1, 0.15) is 46.5 Å². The Balaban J connectivity index is 2.56.